The molecule has 1 N–H and O–H groups in total. The fraction of sp³-hybridized carbons (Fsp3) is 0.0625. The number of carbonyl (C=O) groups excluding carboxylic acids is 1. The van der Waals surface area contributed by atoms with E-state index in [1.165, 1.54) is 42.9 Å². The summed E-state index contributed by atoms with van der Waals surface area (Å²) in [7, 11) is 0. The van der Waals surface area contributed by atoms with Crippen molar-refractivity contribution < 1.29 is 22.4 Å². The van der Waals surface area contributed by atoms with Crippen molar-refractivity contribution in [1.29, 1.82) is 0 Å². The molecule has 5 nitrogen and oxygen atoms in total. The molecule has 1 amide bonds. The van der Waals surface area contributed by atoms with Crippen LogP contribution in [-0.2, 0) is 6.18 Å². The van der Waals surface area contributed by atoms with Gasteiger partial charge < -0.3 is 9.73 Å². The van der Waals surface area contributed by atoms with Crippen LogP contribution in [0.2, 0.25) is 0 Å². The minimum atomic E-state index is -4.43. The van der Waals surface area contributed by atoms with Crippen LogP contribution in [0.15, 0.2) is 59.4 Å². The monoisotopic (exact) mass is 333 g/mol. The summed E-state index contributed by atoms with van der Waals surface area (Å²) in [5.41, 5.74) is 0.102. The van der Waals surface area contributed by atoms with Crippen LogP contribution < -0.4 is 5.32 Å². The maximum atomic E-state index is 12.7. The van der Waals surface area contributed by atoms with Gasteiger partial charge in [-0.25, -0.2) is 0 Å². The molecule has 2 heterocycles. The van der Waals surface area contributed by atoms with Crippen LogP contribution in [0, 0.1) is 0 Å². The predicted octanol–water partition coefficient (Wildman–Crippen LogP) is 4.01. The molecule has 0 unspecified atom stereocenters. The number of nitrogens with zero attached hydrogens (tertiary/aromatic N) is 2. The summed E-state index contributed by atoms with van der Waals surface area (Å²) in [6, 6.07) is 9.20. The van der Waals surface area contributed by atoms with E-state index in [2.05, 4.69) is 15.5 Å². The molecule has 3 rings (SSSR count). The molecule has 8 heteroatoms. The lowest BCUT2D eigenvalue weighted by atomic mass is 10.1. The van der Waals surface area contributed by atoms with Crippen LogP contribution in [0.25, 0.3) is 11.3 Å². The van der Waals surface area contributed by atoms with Gasteiger partial charge in [-0.15, -0.1) is 10.2 Å². The number of alkyl halides is 3. The highest BCUT2D eigenvalue weighted by molar-refractivity contribution is 6.03. The highest BCUT2D eigenvalue weighted by Gasteiger charge is 2.30. The molecule has 0 spiro atoms. The Morgan fingerprint density at radius 3 is 2.54 bits per heavy atom. The van der Waals surface area contributed by atoms with E-state index in [1.54, 1.807) is 0 Å². The Hall–Kier alpha value is -3.16. The molecule has 0 aliphatic rings. The van der Waals surface area contributed by atoms with Crippen molar-refractivity contribution in [2.24, 2.45) is 0 Å². The SMILES string of the molecule is O=C(Nc1ccc(-c2cccc(C(F)(F)F)c2)nn1)c1ccoc1. The van der Waals surface area contributed by atoms with E-state index in [-0.39, 0.29) is 17.1 Å². The smallest absolute Gasteiger partial charge is 0.416 e. The van der Waals surface area contributed by atoms with E-state index in [0.717, 1.165) is 12.1 Å². The molecular weight excluding hydrogens is 323 g/mol. The maximum absolute atomic E-state index is 12.7. The second kappa shape index (κ2) is 6.15. The summed E-state index contributed by atoms with van der Waals surface area (Å²) in [6.45, 7) is 0. The van der Waals surface area contributed by atoms with Crippen LogP contribution >= 0.6 is 0 Å². The lowest BCUT2D eigenvalue weighted by Gasteiger charge is -2.08. The van der Waals surface area contributed by atoms with E-state index in [1.807, 2.05) is 0 Å². The molecule has 0 saturated heterocycles. The molecule has 0 aliphatic heterocycles. The van der Waals surface area contributed by atoms with E-state index >= 15 is 0 Å². The van der Waals surface area contributed by atoms with Gasteiger partial charge in [0.1, 0.15) is 6.26 Å². The first kappa shape index (κ1) is 15.7. The normalized spacial score (nSPS) is 11.3. The average molecular weight is 333 g/mol. The van der Waals surface area contributed by atoms with Gasteiger partial charge in [0.05, 0.1) is 23.1 Å². The molecule has 0 radical (unpaired) electrons. The lowest BCUT2D eigenvalue weighted by Crippen LogP contribution is -2.12. The second-order valence-corrected chi connectivity index (χ2v) is 4.85. The molecule has 122 valence electrons. The highest BCUT2D eigenvalue weighted by atomic mass is 19.4. The van der Waals surface area contributed by atoms with Gasteiger partial charge in [-0.3, -0.25) is 4.79 Å². The van der Waals surface area contributed by atoms with Crippen LogP contribution in [0.4, 0.5) is 19.0 Å². The number of carbonyl (C=O) groups is 1. The fourth-order valence-corrected chi connectivity index (χ4v) is 1.99. The Morgan fingerprint density at radius 1 is 1.08 bits per heavy atom. The van der Waals surface area contributed by atoms with Crippen molar-refractivity contribution in [2.75, 3.05) is 5.32 Å². The van der Waals surface area contributed by atoms with Crippen LogP contribution in [0.1, 0.15) is 15.9 Å². The first-order chi connectivity index (χ1) is 11.4. The molecule has 3 aromatic rings. The van der Waals surface area contributed by atoms with Crippen molar-refractivity contribution in [3.63, 3.8) is 0 Å². The quantitative estimate of drug-likeness (QED) is 0.786. The number of nitrogens with one attached hydrogen (secondary N) is 1. The molecule has 0 saturated carbocycles. The van der Waals surface area contributed by atoms with E-state index < -0.39 is 17.6 Å². The molecule has 0 fully saturated rings. The lowest BCUT2D eigenvalue weighted by molar-refractivity contribution is -0.137. The van der Waals surface area contributed by atoms with Gasteiger partial charge in [-0.05, 0) is 30.3 Å². The van der Waals surface area contributed by atoms with Crippen LogP contribution in [-0.4, -0.2) is 16.1 Å². The number of benzene rings is 1. The number of hydrogen-bond donors (Lipinski definition) is 1. The van der Waals surface area contributed by atoms with Gasteiger partial charge in [0, 0.05) is 5.56 Å². The van der Waals surface area contributed by atoms with Gasteiger partial charge in [-0.1, -0.05) is 12.1 Å². The van der Waals surface area contributed by atoms with E-state index in [9.17, 15) is 18.0 Å². The predicted molar refractivity (Wildman–Crippen MR) is 79.1 cm³/mol. The minimum Gasteiger partial charge on any atom is -0.472 e. The fourth-order valence-electron chi connectivity index (χ4n) is 1.99. The second-order valence-electron chi connectivity index (χ2n) is 4.85. The molecule has 2 aromatic heterocycles. The Kier molecular flexibility index (Phi) is 4.03. The summed E-state index contributed by atoms with van der Waals surface area (Å²) in [4.78, 5) is 11.8. The highest BCUT2D eigenvalue weighted by Crippen LogP contribution is 2.31. The minimum absolute atomic E-state index is 0.178. The average Bonchev–Trinajstić information content (AvgIpc) is 3.09. The topological polar surface area (TPSA) is 68.0 Å². The number of anilines is 1. The van der Waals surface area contributed by atoms with Crippen molar-refractivity contribution in [1.82, 2.24) is 10.2 Å². The first-order valence-corrected chi connectivity index (χ1v) is 6.78. The zero-order valence-corrected chi connectivity index (χ0v) is 12.0. The molecule has 0 bridgehead atoms. The third-order valence-corrected chi connectivity index (χ3v) is 3.18. The number of rotatable bonds is 3. The van der Waals surface area contributed by atoms with E-state index in [4.69, 9.17) is 4.42 Å². The van der Waals surface area contributed by atoms with Gasteiger partial charge in [0.2, 0.25) is 0 Å². The van der Waals surface area contributed by atoms with Gasteiger partial charge >= 0.3 is 6.18 Å². The number of halogens is 3. The molecule has 24 heavy (non-hydrogen) atoms. The molecular formula is C16H10F3N3O2. The Morgan fingerprint density at radius 2 is 1.92 bits per heavy atom. The summed E-state index contributed by atoms with van der Waals surface area (Å²) in [6.07, 6.45) is -1.79. The molecule has 1 aromatic carbocycles. The number of hydrogen-bond acceptors (Lipinski definition) is 4. The van der Waals surface area contributed by atoms with Gasteiger partial charge in [0.15, 0.2) is 5.82 Å². The van der Waals surface area contributed by atoms with Crippen molar-refractivity contribution in [2.45, 2.75) is 6.18 Å². The number of furan rings is 1. The maximum Gasteiger partial charge on any atom is 0.416 e. The Labute approximate surface area is 134 Å². The zero-order valence-electron chi connectivity index (χ0n) is 12.0. The summed E-state index contributed by atoms with van der Waals surface area (Å²) < 4.78 is 43.0. The van der Waals surface area contributed by atoms with E-state index in [0.29, 0.717) is 5.56 Å². The third-order valence-electron chi connectivity index (χ3n) is 3.18. The van der Waals surface area contributed by atoms with Gasteiger partial charge in [-0.2, -0.15) is 13.2 Å². The number of amides is 1. The van der Waals surface area contributed by atoms with Crippen LogP contribution in [0.3, 0.4) is 0 Å². The van der Waals surface area contributed by atoms with Crippen LogP contribution in [0.5, 0.6) is 0 Å². The first-order valence-electron chi connectivity index (χ1n) is 6.78. The zero-order chi connectivity index (χ0) is 17.2. The Balaban J connectivity index is 1.79. The number of aromatic nitrogens is 2. The largest absolute Gasteiger partial charge is 0.472 e. The van der Waals surface area contributed by atoms with Crippen molar-refractivity contribution >= 4 is 11.7 Å². The molecule has 0 aliphatic carbocycles. The Bertz CT molecular complexity index is 844. The van der Waals surface area contributed by atoms with Crippen molar-refractivity contribution in [3.05, 3.63) is 66.1 Å². The molecule has 0 atom stereocenters. The van der Waals surface area contributed by atoms with Crippen molar-refractivity contribution in [3.8, 4) is 11.3 Å². The summed E-state index contributed by atoms with van der Waals surface area (Å²) in [5, 5.41) is 10.2. The third kappa shape index (κ3) is 3.43. The van der Waals surface area contributed by atoms with Gasteiger partial charge in [0.25, 0.3) is 5.91 Å². The standard InChI is InChI=1S/C16H10F3N3O2/c17-16(18,19)12-3-1-2-10(8-12)13-4-5-14(22-21-13)20-15(23)11-6-7-24-9-11/h1-9H,(H,20,22,23). The summed E-state index contributed by atoms with van der Waals surface area (Å²) >= 11 is 0. The summed E-state index contributed by atoms with van der Waals surface area (Å²) in [5.74, 6) is -0.248.